The molecule has 0 aliphatic carbocycles. The molecule has 4 aromatic rings. The summed E-state index contributed by atoms with van der Waals surface area (Å²) < 4.78 is 29.2. The van der Waals surface area contributed by atoms with Gasteiger partial charge in [0.2, 0.25) is 21.1 Å². The van der Waals surface area contributed by atoms with Crippen molar-refractivity contribution in [3.05, 3.63) is 65.3 Å². The number of hydrogen-bond acceptors (Lipinski definition) is 7. The van der Waals surface area contributed by atoms with Crippen LogP contribution in [0, 0.1) is 0 Å². The van der Waals surface area contributed by atoms with Crippen molar-refractivity contribution in [3.63, 3.8) is 0 Å². The number of carbonyl (C=O) groups excluding carboxylic acids is 1. The van der Waals surface area contributed by atoms with Gasteiger partial charge in [0.05, 0.1) is 5.52 Å². The molecule has 2 aromatic carbocycles. The minimum absolute atomic E-state index is 0.105. The van der Waals surface area contributed by atoms with Crippen molar-refractivity contribution in [3.8, 4) is 10.6 Å². The second-order valence-electron chi connectivity index (χ2n) is 7.52. The van der Waals surface area contributed by atoms with Gasteiger partial charge in [-0.2, -0.15) is 4.31 Å². The first-order valence-electron chi connectivity index (χ1n) is 10.2. The highest BCUT2D eigenvalue weighted by molar-refractivity contribution is 9.10. The van der Waals surface area contributed by atoms with Gasteiger partial charge in [-0.1, -0.05) is 57.6 Å². The molecule has 33 heavy (non-hydrogen) atoms. The molecule has 8 nitrogen and oxygen atoms in total. The van der Waals surface area contributed by atoms with Crippen LogP contribution in [-0.4, -0.2) is 46.4 Å². The summed E-state index contributed by atoms with van der Waals surface area (Å²) in [4.78, 5) is 17.4. The third-order valence-electron chi connectivity index (χ3n) is 5.42. The van der Waals surface area contributed by atoms with E-state index in [2.05, 4.69) is 36.4 Å². The van der Waals surface area contributed by atoms with E-state index in [9.17, 15) is 13.2 Å². The molecule has 0 unspecified atom stereocenters. The fourth-order valence-corrected chi connectivity index (χ4v) is 6.87. The van der Waals surface area contributed by atoms with Gasteiger partial charge < -0.3 is 0 Å². The number of nitrogens with zero attached hydrogens (tertiary/aromatic N) is 4. The molecule has 1 saturated heterocycles. The van der Waals surface area contributed by atoms with Gasteiger partial charge in [-0.25, -0.2) is 8.42 Å². The Kier molecular flexibility index (Phi) is 5.95. The zero-order chi connectivity index (χ0) is 23.0. The van der Waals surface area contributed by atoms with Crippen LogP contribution in [0.3, 0.4) is 0 Å². The van der Waals surface area contributed by atoms with Gasteiger partial charge in [-0.05, 0) is 37.1 Å². The molecule has 1 aliphatic heterocycles. The molecule has 3 heterocycles. The molecule has 0 saturated carbocycles. The van der Waals surface area contributed by atoms with Crippen LogP contribution < -0.4 is 5.32 Å². The first-order chi connectivity index (χ1) is 15.9. The number of carbonyl (C=O) groups is 1. The average Bonchev–Trinajstić information content (AvgIpc) is 3.49. The molecular weight excluding hydrogens is 526 g/mol. The number of anilines is 1. The summed E-state index contributed by atoms with van der Waals surface area (Å²) in [5.74, 6) is -0.416. The number of sulfonamides is 1. The Morgan fingerprint density at radius 1 is 1.12 bits per heavy atom. The van der Waals surface area contributed by atoms with Gasteiger partial charge >= 0.3 is 0 Å². The number of benzene rings is 2. The van der Waals surface area contributed by atoms with Gasteiger partial charge in [0.15, 0.2) is 0 Å². The summed E-state index contributed by atoms with van der Waals surface area (Å²) in [6, 6.07) is 15.4. The highest BCUT2D eigenvalue weighted by Crippen LogP contribution is 2.32. The number of amides is 1. The normalized spacial score (nSPS) is 16.8. The molecule has 11 heteroatoms. The summed E-state index contributed by atoms with van der Waals surface area (Å²) in [5, 5.41) is 12.7. The van der Waals surface area contributed by atoms with Crippen LogP contribution in [0.5, 0.6) is 0 Å². The SMILES string of the molecule is O=C(Nc1nnc(-c2cccc(Br)c2)s1)[C@H]1CCCN1S(=O)(=O)c1cccc2cccnc12. The Morgan fingerprint density at radius 3 is 2.79 bits per heavy atom. The molecule has 1 amide bonds. The number of rotatable bonds is 5. The lowest BCUT2D eigenvalue weighted by molar-refractivity contribution is -0.119. The van der Waals surface area contributed by atoms with Crippen molar-refractivity contribution in [2.45, 2.75) is 23.8 Å². The Morgan fingerprint density at radius 2 is 1.94 bits per heavy atom. The third kappa shape index (κ3) is 4.29. The third-order valence-corrected chi connectivity index (χ3v) is 8.74. The Bertz CT molecular complexity index is 1450. The second kappa shape index (κ2) is 8.90. The predicted octanol–water partition coefficient (Wildman–Crippen LogP) is 4.31. The summed E-state index contributed by atoms with van der Waals surface area (Å²) >= 11 is 4.67. The van der Waals surface area contributed by atoms with E-state index in [0.29, 0.717) is 28.5 Å². The molecule has 1 fully saturated rings. The minimum Gasteiger partial charge on any atom is -0.299 e. The highest BCUT2D eigenvalue weighted by Gasteiger charge is 2.40. The quantitative estimate of drug-likeness (QED) is 0.402. The lowest BCUT2D eigenvalue weighted by Crippen LogP contribution is -2.43. The van der Waals surface area contributed by atoms with Crippen LogP contribution in [0.15, 0.2) is 70.2 Å². The fraction of sp³-hybridized carbons (Fsp3) is 0.182. The van der Waals surface area contributed by atoms with Crippen LogP contribution >= 0.6 is 27.3 Å². The van der Waals surface area contributed by atoms with Crippen LogP contribution in [-0.2, 0) is 14.8 Å². The first kappa shape index (κ1) is 22.1. The summed E-state index contributed by atoms with van der Waals surface area (Å²) in [7, 11) is -3.92. The molecule has 0 radical (unpaired) electrons. The standard InChI is InChI=1S/C22H18BrN5O3S2/c23-16-8-1-6-15(13-16)21-26-27-22(32-21)25-20(29)17-9-4-12-28(17)33(30,31)18-10-2-5-14-7-3-11-24-19(14)18/h1-3,5-8,10-11,13,17H,4,9,12H2,(H,25,27,29)/t17-/m1/s1. The maximum Gasteiger partial charge on any atom is 0.245 e. The van der Waals surface area contributed by atoms with Gasteiger partial charge in [0.25, 0.3) is 0 Å². The van der Waals surface area contributed by atoms with Crippen LogP contribution in [0.1, 0.15) is 12.8 Å². The maximum absolute atomic E-state index is 13.5. The van der Waals surface area contributed by atoms with Crippen molar-refractivity contribution in [2.24, 2.45) is 0 Å². The molecule has 1 N–H and O–H groups in total. The lowest BCUT2D eigenvalue weighted by Gasteiger charge is -2.23. The molecule has 0 bridgehead atoms. The number of aromatic nitrogens is 3. The van der Waals surface area contributed by atoms with E-state index in [1.165, 1.54) is 21.7 Å². The van der Waals surface area contributed by atoms with Crippen molar-refractivity contribution in [1.82, 2.24) is 19.5 Å². The molecule has 1 aliphatic rings. The van der Waals surface area contributed by atoms with E-state index in [-0.39, 0.29) is 11.4 Å². The maximum atomic E-state index is 13.5. The second-order valence-corrected chi connectivity index (χ2v) is 11.3. The molecular formula is C22H18BrN5O3S2. The molecule has 1 atom stereocenters. The Balaban J connectivity index is 1.39. The number of pyridine rings is 1. The van der Waals surface area contributed by atoms with Gasteiger partial charge in [0, 0.05) is 28.2 Å². The molecule has 168 valence electrons. The van der Waals surface area contributed by atoms with Crippen molar-refractivity contribution in [2.75, 3.05) is 11.9 Å². The van der Waals surface area contributed by atoms with E-state index in [1.54, 1.807) is 18.3 Å². The number of fused-ring (bicyclic) bond motifs is 1. The minimum atomic E-state index is -3.92. The topological polar surface area (TPSA) is 105 Å². The van der Waals surface area contributed by atoms with Gasteiger partial charge in [0.1, 0.15) is 15.9 Å². The van der Waals surface area contributed by atoms with E-state index in [0.717, 1.165) is 15.4 Å². The van der Waals surface area contributed by atoms with E-state index in [4.69, 9.17) is 0 Å². The van der Waals surface area contributed by atoms with E-state index < -0.39 is 22.0 Å². The molecule has 5 rings (SSSR count). The molecule has 0 spiro atoms. The van der Waals surface area contributed by atoms with E-state index >= 15 is 0 Å². The van der Waals surface area contributed by atoms with Gasteiger partial charge in [-0.3, -0.25) is 15.1 Å². The van der Waals surface area contributed by atoms with E-state index in [1.807, 2.05) is 36.4 Å². The summed E-state index contributed by atoms with van der Waals surface area (Å²) in [6.45, 7) is 0.267. The Hall–Kier alpha value is -2.73. The largest absolute Gasteiger partial charge is 0.299 e. The van der Waals surface area contributed by atoms with Crippen LogP contribution in [0.4, 0.5) is 5.13 Å². The van der Waals surface area contributed by atoms with Crippen LogP contribution in [0.2, 0.25) is 0 Å². The summed E-state index contributed by atoms with van der Waals surface area (Å²) in [6.07, 6.45) is 2.59. The summed E-state index contributed by atoms with van der Waals surface area (Å²) in [5.41, 5.74) is 1.27. The molecule has 2 aromatic heterocycles. The van der Waals surface area contributed by atoms with Crippen molar-refractivity contribution in [1.29, 1.82) is 0 Å². The predicted molar refractivity (Wildman–Crippen MR) is 130 cm³/mol. The highest BCUT2D eigenvalue weighted by atomic mass is 79.9. The number of nitrogens with one attached hydrogen (secondary N) is 1. The van der Waals surface area contributed by atoms with Gasteiger partial charge in [-0.15, -0.1) is 10.2 Å². The number of hydrogen-bond donors (Lipinski definition) is 1. The zero-order valence-corrected chi connectivity index (χ0v) is 20.4. The first-order valence-corrected chi connectivity index (χ1v) is 13.2. The van der Waals surface area contributed by atoms with Crippen molar-refractivity contribution < 1.29 is 13.2 Å². The number of halogens is 1. The number of para-hydroxylation sites is 1. The monoisotopic (exact) mass is 543 g/mol. The zero-order valence-electron chi connectivity index (χ0n) is 17.2. The lowest BCUT2D eigenvalue weighted by atomic mass is 10.2. The smallest absolute Gasteiger partial charge is 0.245 e. The van der Waals surface area contributed by atoms with Crippen molar-refractivity contribution >= 4 is 59.2 Å². The van der Waals surface area contributed by atoms with Crippen LogP contribution in [0.25, 0.3) is 21.5 Å². The Labute approximate surface area is 202 Å². The fourth-order valence-electron chi connectivity index (χ4n) is 3.90. The average molecular weight is 544 g/mol.